The van der Waals surface area contributed by atoms with E-state index in [-0.39, 0.29) is 4.86 Å². The first kappa shape index (κ1) is 11.2. The first-order chi connectivity index (χ1) is 5.50. The highest BCUT2D eigenvalue weighted by molar-refractivity contribution is 9.09. The van der Waals surface area contributed by atoms with E-state index < -0.39 is 10.9 Å². The maximum Gasteiger partial charge on any atom is 0.323 e. The van der Waals surface area contributed by atoms with Crippen molar-refractivity contribution in [3.63, 3.8) is 0 Å². The number of amides is 1. The highest BCUT2D eigenvalue weighted by atomic mass is 79.9. The number of rotatable bonds is 3. The quantitative estimate of drug-likeness (QED) is 0.234. The number of hydroxylamine groups is 1. The summed E-state index contributed by atoms with van der Waals surface area (Å²) in [7, 11) is 4.30. The van der Waals surface area contributed by atoms with E-state index in [1.807, 2.05) is 0 Å². The van der Waals surface area contributed by atoms with Crippen LogP contribution in [-0.4, -0.2) is 41.8 Å². The molecular formula is C5H10BrN3O3. The van der Waals surface area contributed by atoms with Gasteiger partial charge in [0, 0.05) is 30.0 Å². The average molecular weight is 240 g/mol. The zero-order valence-electron chi connectivity index (χ0n) is 7.02. The molecule has 0 aliphatic rings. The van der Waals surface area contributed by atoms with Crippen molar-refractivity contribution in [1.29, 1.82) is 0 Å². The summed E-state index contributed by atoms with van der Waals surface area (Å²) in [5, 5.41) is 13.8. The monoisotopic (exact) mass is 239 g/mol. The van der Waals surface area contributed by atoms with E-state index in [1.54, 1.807) is 0 Å². The van der Waals surface area contributed by atoms with Gasteiger partial charge in [0.25, 0.3) is 0 Å². The standard InChI is InChI=1S/C5H10BrN3O3/c1-8(2)5(10)4(6)9(11)7-12-3/h4H,1-3H3/b9-7+. The van der Waals surface area contributed by atoms with Crippen LogP contribution < -0.4 is 0 Å². The van der Waals surface area contributed by atoms with Gasteiger partial charge in [0.2, 0.25) is 5.28 Å². The summed E-state index contributed by atoms with van der Waals surface area (Å²) in [5.74, 6) is -0.397. The highest BCUT2D eigenvalue weighted by Crippen LogP contribution is 2.04. The Hall–Kier alpha value is -0.850. The van der Waals surface area contributed by atoms with E-state index >= 15 is 0 Å². The first-order valence-corrected chi connectivity index (χ1v) is 3.98. The van der Waals surface area contributed by atoms with Gasteiger partial charge in [-0.15, -0.1) is 0 Å². The fourth-order valence-electron chi connectivity index (χ4n) is 0.429. The molecular weight excluding hydrogens is 230 g/mol. The fourth-order valence-corrected chi connectivity index (χ4v) is 0.914. The minimum atomic E-state index is -1.03. The molecule has 1 amide bonds. The average Bonchev–Trinajstić information content (AvgIpc) is 2.02. The number of hydrogen-bond acceptors (Lipinski definition) is 4. The van der Waals surface area contributed by atoms with Crippen molar-refractivity contribution in [2.75, 3.05) is 21.2 Å². The minimum Gasteiger partial charge on any atom is -0.596 e. The molecule has 1 unspecified atom stereocenters. The number of hydrogen-bond donors (Lipinski definition) is 0. The van der Waals surface area contributed by atoms with Crippen LogP contribution >= 0.6 is 15.9 Å². The van der Waals surface area contributed by atoms with Crippen LogP contribution in [0.25, 0.3) is 0 Å². The third-order valence-corrected chi connectivity index (χ3v) is 1.74. The van der Waals surface area contributed by atoms with Crippen molar-refractivity contribution in [3.05, 3.63) is 5.21 Å². The maximum atomic E-state index is 11.1. The largest absolute Gasteiger partial charge is 0.596 e. The highest BCUT2D eigenvalue weighted by Gasteiger charge is 2.26. The molecule has 6 nitrogen and oxygen atoms in total. The smallest absolute Gasteiger partial charge is 0.323 e. The second-order valence-corrected chi connectivity index (χ2v) is 3.00. The zero-order valence-corrected chi connectivity index (χ0v) is 8.61. The SMILES string of the molecule is CO/N=[N+](/[O-])C(Br)C(=O)N(C)C. The molecule has 70 valence electrons. The van der Waals surface area contributed by atoms with Crippen LogP contribution in [-0.2, 0) is 9.63 Å². The molecule has 0 aliphatic heterocycles. The molecule has 0 heterocycles. The maximum absolute atomic E-state index is 11.1. The fraction of sp³-hybridized carbons (Fsp3) is 0.800. The number of alkyl halides is 1. The minimum absolute atomic E-state index is 0.141. The van der Waals surface area contributed by atoms with Gasteiger partial charge in [-0.05, 0) is 4.86 Å². The lowest BCUT2D eigenvalue weighted by Gasteiger charge is -2.11. The molecule has 0 saturated heterocycles. The van der Waals surface area contributed by atoms with E-state index in [0.29, 0.717) is 0 Å². The number of nitrogens with zero attached hydrogens (tertiary/aromatic N) is 3. The van der Waals surface area contributed by atoms with Gasteiger partial charge in [-0.25, -0.2) is 0 Å². The summed E-state index contributed by atoms with van der Waals surface area (Å²) in [6, 6.07) is 0. The van der Waals surface area contributed by atoms with E-state index in [2.05, 4.69) is 26.0 Å². The van der Waals surface area contributed by atoms with Crippen LogP contribution in [0, 0.1) is 5.21 Å². The van der Waals surface area contributed by atoms with Crippen molar-refractivity contribution in [2.24, 2.45) is 5.28 Å². The summed E-state index contributed by atoms with van der Waals surface area (Å²) in [5.41, 5.74) is 0. The van der Waals surface area contributed by atoms with Crippen LogP contribution in [0.3, 0.4) is 0 Å². The molecule has 0 aromatic rings. The van der Waals surface area contributed by atoms with Gasteiger partial charge in [0.15, 0.2) is 0 Å². The number of carbonyl (C=O) groups is 1. The second-order valence-electron chi connectivity index (χ2n) is 2.14. The topological polar surface area (TPSA) is 68.0 Å². The Kier molecular flexibility index (Phi) is 4.57. The van der Waals surface area contributed by atoms with Gasteiger partial charge < -0.3 is 14.9 Å². The molecule has 0 bridgehead atoms. The van der Waals surface area contributed by atoms with Gasteiger partial charge in [0.1, 0.15) is 7.11 Å². The predicted molar refractivity (Wildman–Crippen MR) is 44.5 cm³/mol. The van der Waals surface area contributed by atoms with Crippen LogP contribution in [0.15, 0.2) is 5.28 Å². The summed E-state index contributed by atoms with van der Waals surface area (Å²) < 4.78 is 0. The molecule has 12 heavy (non-hydrogen) atoms. The molecule has 0 fully saturated rings. The van der Waals surface area contributed by atoms with Gasteiger partial charge in [-0.2, -0.15) is 0 Å². The van der Waals surface area contributed by atoms with Gasteiger partial charge >= 0.3 is 10.9 Å². The molecule has 0 aliphatic carbocycles. The lowest BCUT2D eigenvalue weighted by atomic mass is 10.6. The third-order valence-electron chi connectivity index (χ3n) is 1.00. The number of likely N-dealkylation sites (N-methyl/N-ethyl adjacent to an activating group) is 1. The molecule has 7 heteroatoms. The molecule has 0 rings (SSSR count). The third kappa shape index (κ3) is 3.04. The summed E-state index contributed by atoms with van der Waals surface area (Å²) in [6.07, 6.45) is 0. The zero-order chi connectivity index (χ0) is 9.72. The predicted octanol–water partition coefficient (Wildman–Crippen LogP) is 0.320. The molecule has 0 aromatic heterocycles. The normalized spacial score (nSPS) is 13.8. The molecule has 0 spiro atoms. The van der Waals surface area contributed by atoms with E-state index in [0.717, 1.165) is 0 Å². The van der Waals surface area contributed by atoms with Crippen molar-refractivity contribution < 1.29 is 14.5 Å². The van der Waals surface area contributed by atoms with Crippen molar-refractivity contribution >= 4 is 21.8 Å². The lowest BCUT2D eigenvalue weighted by molar-refractivity contribution is -0.557. The van der Waals surface area contributed by atoms with Crippen LogP contribution in [0.1, 0.15) is 0 Å². The van der Waals surface area contributed by atoms with Crippen molar-refractivity contribution in [1.82, 2.24) is 4.90 Å². The summed E-state index contributed by atoms with van der Waals surface area (Å²) in [4.78, 5) is 15.7. The second kappa shape index (κ2) is 4.91. The Morgan fingerprint density at radius 3 is 2.58 bits per heavy atom. The summed E-state index contributed by atoms with van der Waals surface area (Å²) in [6.45, 7) is 0. The van der Waals surface area contributed by atoms with E-state index in [4.69, 9.17) is 0 Å². The molecule has 0 N–H and O–H groups in total. The molecule has 0 radical (unpaired) electrons. The molecule has 0 saturated carbocycles. The van der Waals surface area contributed by atoms with Crippen molar-refractivity contribution in [2.45, 2.75) is 4.95 Å². The van der Waals surface area contributed by atoms with Crippen LogP contribution in [0.4, 0.5) is 0 Å². The van der Waals surface area contributed by atoms with Crippen LogP contribution in [0.5, 0.6) is 0 Å². The Bertz CT molecular complexity index is 194. The lowest BCUT2D eigenvalue weighted by Crippen LogP contribution is -2.35. The van der Waals surface area contributed by atoms with E-state index in [9.17, 15) is 10.0 Å². The molecule has 0 aromatic carbocycles. The first-order valence-electron chi connectivity index (χ1n) is 3.06. The van der Waals surface area contributed by atoms with Gasteiger partial charge in [0.05, 0.1) is 0 Å². The number of halogens is 1. The summed E-state index contributed by atoms with van der Waals surface area (Å²) >= 11 is 2.86. The van der Waals surface area contributed by atoms with Crippen LogP contribution in [0.2, 0.25) is 0 Å². The van der Waals surface area contributed by atoms with Crippen molar-refractivity contribution in [3.8, 4) is 0 Å². The van der Waals surface area contributed by atoms with Gasteiger partial charge in [-0.3, -0.25) is 4.79 Å². The Labute approximate surface area is 78.5 Å². The number of carbonyl (C=O) groups excluding carboxylic acids is 1. The Morgan fingerprint density at radius 1 is 1.75 bits per heavy atom. The molecule has 1 atom stereocenters. The van der Waals surface area contributed by atoms with Gasteiger partial charge in [-0.1, -0.05) is 0 Å². The van der Waals surface area contributed by atoms with E-state index in [1.165, 1.54) is 26.1 Å². The Morgan fingerprint density at radius 2 is 2.25 bits per heavy atom. The Balaban J connectivity index is 4.29.